The molecule has 0 aromatic rings. The zero-order valence-electron chi connectivity index (χ0n) is 3.55. The number of carbonyl (C=O) groups excluding carboxylic acids is 1. The predicted octanol–water partition coefficient (Wildman–Crippen LogP) is -0.171. The van der Waals surface area contributed by atoms with Gasteiger partial charge in [-0.2, -0.15) is 0 Å². The van der Waals surface area contributed by atoms with E-state index in [0.29, 0.717) is 6.29 Å². The summed E-state index contributed by atoms with van der Waals surface area (Å²) in [5.41, 5.74) is 0. The Kier molecular flexibility index (Phi) is 14.5. The van der Waals surface area contributed by atoms with E-state index in [-0.39, 0.29) is 29.0 Å². The molecule has 0 aliphatic rings. The SMILES string of the molecule is COCC=O.[Ta]. The van der Waals surface area contributed by atoms with Gasteiger partial charge >= 0.3 is 0 Å². The predicted molar refractivity (Wildman–Crippen MR) is 17.9 cm³/mol. The summed E-state index contributed by atoms with van der Waals surface area (Å²) in [6.45, 7) is 0.208. The Morgan fingerprint density at radius 3 is 2.33 bits per heavy atom. The Morgan fingerprint density at radius 1 is 1.83 bits per heavy atom. The molecular formula is C3H6O2Ta. The molecule has 0 rings (SSSR count). The molecular weight excluding hydrogens is 249 g/mol. The Hall–Kier alpha value is 0.370. The van der Waals surface area contributed by atoms with E-state index in [4.69, 9.17) is 0 Å². The molecule has 1 radical (unpaired) electrons. The number of ether oxygens (including phenoxy) is 1. The molecule has 0 saturated carbocycles. The zero-order valence-corrected chi connectivity index (χ0v) is 6.76. The van der Waals surface area contributed by atoms with Crippen molar-refractivity contribution < 1.29 is 31.9 Å². The summed E-state index contributed by atoms with van der Waals surface area (Å²) >= 11 is 0. The van der Waals surface area contributed by atoms with E-state index in [2.05, 4.69) is 4.74 Å². The fourth-order valence-corrected chi connectivity index (χ4v) is 0.0680. The monoisotopic (exact) mass is 255 g/mol. The number of carbonyl (C=O) groups is 1. The van der Waals surface area contributed by atoms with Crippen molar-refractivity contribution in [1.29, 1.82) is 0 Å². The molecule has 6 heavy (non-hydrogen) atoms. The average molecular weight is 255 g/mol. The van der Waals surface area contributed by atoms with Gasteiger partial charge in [-0.1, -0.05) is 0 Å². The molecule has 0 N–H and O–H groups in total. The van der Waals surface area contributed by atoms with Crippen molar-refractivity contribution in [2.45, 2.75) is 0 Å². The molecule has 3 heteroatoms. The summed E-state index contributed by atoms with van der Waals surface area (Å²) in [7, 11) is 1.48. The van der Waals surface area contributed by atoms with Crippen LogP contribution >= 0.6 is 0 Å². The van der Waals surface area contributed by atoms with Gasteiger partial charge in [0, 0.05) is 29.5 Å². The van der Waals surface area contributed by atoms with Gasteiger partial charge in [0.25, 0.3) is 0 Å². The first-order valence-electron chi connectivity index (χ1n) is 1.34. The molecule has 0 aromatic heterocycles. The van der Waals surface area contributed by atoms with Crippen molar-refractivity contribution in [2.24, 2.45) is 0 Å². The summed E-state index contributed by atoms with van der Waals surface area (Å²) < 4.78 is 4.32. The summed E-state index contributed by atoms with van der Waals surface area (Å²) in [6, 6.07) is 0. The van der Waals surface area contributed by atoms with Crippen LogP contribution in [0.4, 0.5) is 0 Å². The van der Waals surface area contributed by atoms with Crippen LogP contribution in [0.15, 0.2) is 0 Å². The van der Waals surface area contributed by atoms with Crippen molar-refractivity contribution >= 4 is 6.29 Å². The maximum Gasteiger partial charge on any atom is 0.145 e. The molecule has 0 unspecified atom stereocenters. The van der Waals surface area contributed by atoms with Gasteiger partial charge in [-0.05, 0) is 0 Å². The number of aldehydes is 1. The van der Waals surface area contributed by atoms with Gasteiger partial charge in [-0.15, -0.1) is 0 Å². The fourth-order valence-electron chi connectivity index (χ4n) is 0.0680. The minimum absolute atomic E-state index is 0. The van der Waals surface area contributed by atoms with Gasteiger partial charge in [0.15, 0.2) is 0 Å². The van der Waals surface area contributed by atoms with Gasteiger partial charge in [0.1, 0.15) is 12.9 Å². The quantitative estimate of drug-likeness (QED) is 0.640. The molecule has 0 aromatic carbocycles. The van der Waals surface area contributed by atoms with Crippen LogP contribution in [0.3, 0.4) is 0 Å². The van der Waals surface area contributed by atoms with Gasteiger partial charge in [-0.25, -0.2) is 0 Å². The number of rotatable bonds is 2. The first kappa shape index (κ1) is 9.62. The molecule has 0 aliphatic heterocycles. The Morgan fingerprint density at radius 2 is 2.33 bits per heavy atom. The average Bonchev–Trinajstić information content (AvgIpc) is 1.41. The molecule has 0 heterocycles. The van der Waals surface area contributed by atoms with E-state index < -0.39 is 0 Å². The normalized spacial score (nSPS) is 6.17. The van der Waals surface area contributed by atoms with Crippen LogP contribution in [-0.2, 0) is 31.9 Å². The Labute approximate surface area is 52.4 Å². The first-order chi connectivity index (χ1) is 2.41. The van der Waals surface area contributed by atoms with Crippen LogP contribution in [0.25, 0.3) is 0 Å². The van der Waals surface area contributed by atoms with Crippen LogP contribution < -0.4 is 0 Å². The van der Waals surface area contributed by atoms with Crippen molar-refractivity contribution in [3.8, 4) is 0 Å². The van der Waals surface area contributed by atoms with E-state index in [1.165, 1.54) is 7.11 Å². The topological polar surface area (TPSA) is 26.3 Å². The van der Waals surface area contributed by atoms with Crippen LogP contribution in [0, 0.1) is 0 Å². The van der Waals surface area contributed by atoms with E-state index in [1.54, 1.807) is 0 Å². The molecule has 0 atom stereocenters. The van der Waals surface area contributed by atoms with Crippen molar-refractivity contribution in [3.63, 3.8) is 0 Å². The second kappa shape index (κ2) is 9.03. The Bertz CT molecular complexity index is 30.0. The van der Waals surface area contributed by atoms with Gasteiger partial charge < -0.3 is 9.53 Å². The van der Waals surface area contributed by atoms with Crippen molar-refractivity contribution in [2.75, 3.05) is 13.7 Å². The third-order valence-electron chi connectivity index (χ3n) is 0.235. The summed E-state index contributed by atoms with van der Waals surface area (Å²) in [5, 5.41) is 0. The number of hydrogen-bond acceptors (Lipinski definition) is 2. The third kappa shape index (κ3) is 8.84. The maximum absolute atomic E-state index is 9.28. The second-order valence-electron chi connectivity index (χ2n) is 0.622. The van der Waals surface area contributed by atoms with Crippen LogP contribution in [0.5, 0.6) is 0 Å². The van der Waals surface area contributed by atoms with Gasteiger partial charge in [0.05, 0.1) is 0 Å². The minimum Gasteiger partial charge on any atom is -0.377 e. The van der Waals surface area contributed by atoms with E-state index in [9.17, 15) is 4.79 Å². The molecule has 0 bridgehead atoms. The standard InChI is InChI=1S/C3H6O2.Ta/c1-5-3-2-4;/h2H,3H2,1H3;. The Balaban J connectivity index is 0. The summed E-state index contributed by atoms with van der Waals surface area (Å²) in [4.78, 5) is 9.28. The molecule has 0 spiro atoms. The maximum atomic E-state index is 9.28. The summed E-state index contributed by atoms with van der Waals surface area (Å²) in [6.07, 6.45) is 0.708. The first-order valence-corrected chi connectivity index (χ1v) is 1.34. The fraction of sp³-hybridized carbons (Fsp3) is 0.667. The number of hydrogen-bond donors (Lipinski definition) is 0. The van der Waals surface area contributed by atoms with E-state index in [0.717, 1.165) is 0 Å². The van der Waals surface area contributed by atoms with E-state index in [1.807, 2.05) is 0 Å². The summed E-state index contributed by atoms with van der Waals surface area (Å²) in [5.74, 6) is 0. The van der Waals surface area contributed by atoms with E-state index >= 15 is 0 Å². The number of methoxy groups -OCH3 is 1. The third-order valence-corrected chi connectivity index (χ3v) is 0.235. The molecule has 35 valence electrons. The molecule has 0 saturated heterocycles. The molecule has 0 amide bonds. The molecule has 0 aliphatic carbocycles. The minimum atomic E-state index is 0. The largest absolute Gasteiger partial charge is 0.377 e. The van der Waals surface area contributed by atoms with Crippen LogP contribution in [0.2, 0.25) is 0 Å². The van der Waals surface area contributed by atoms with Gasteiger partial charge in [0.2, 0.25) is 0 Å². The van der Waals surface area contributed by atoms with Crippen LogP contribution in [0.1, 0.15) is 0 Å². The zero-order chi connectivity index (χ0) is 4.12. The molecule has 0 fully saturated rings. The van der Waals surface area contributed by atoms with Crippen molar-refractivity contribution in [3.05, 3.63) is 0 Å². The van der Waals surface area contributed by atoms with Crippen molar-refractivity contribution in [1.82, 2.24) is 0 Å². The smallest absolute Gasteiger partial charge is 0.145 e. The molecule has 2 nitrogen and oxygen atoms in total. The second-order valence-corrected chi connectivity index (χ2v) is 0.622. The van der Waals surface area contributed by atoms with Gasteiger partial charge in [-0.3, -0.25) is 0 Å². The van der Waals surface area contributed by atoms with Crippen LogP contribution in [-0.4, -0.2) is 20.0 Å².